The molecule has 1 aliphatic rings. The van der Waals surface area contributed by atoms with Gasteiger partial charge in [0.25, 0.3) is 5.91 Å². The molecule has 0 N–H and O–H groups in total. The highest BCUT2D eigenvalue weighted by molar-refractivity contribution is 9.10. The van der Waals surface area contributed by atoms with Crippen molar-refractivity contribution in [3.63, 3.8) is 0 Å². The van der Waals surface area contributed by atoms with Crippen LogP contribution in [0.15, 0.2) is 34.9 Å². The van der Waals surface area contributed by atoms with Crippen LogP contribution in [-0.4, -0.2) is 42.1 Å². The van der Waals surface area contributed by atoms with Crippen LogP contribution in [0.25, 0.3) is 10.9 Å². The summed E-state index contributed by atoms with van der Waals surface area (Å²) >= 11 is 3.46. The van der Waals surface area contributed by atoms with E-state index in [9.17, 15) is 4.79 Å². The second-order valence-electron chi connectivity index (χ2n) is 4.44. The molecule has 3 rings (SSSR count). The zero-order valence-corrected chi connectivity index (χ0v) is 11.9. The maximum Gasteiger partial charge on any atom is 0.255 e. The number of para-hydroxylation sites is 1. The van der Waals surface area contributed by atoms with E-state index < -0.39 is 0 Å². The summed E-state index contributed by atoms with van der Waals surface area (Å²) in [7, 11) is 0. The summed E-state index contributed by atoms with van der Waals surface area (Å²) in [6.45, 7) is 2.52. The molecule has 98 valence electrons. The first-order valence-corrected chi connectivity index (χ1v) is 6.96. The van der Waals surface area contributed by atoms with Crippen molar-refractivity contribution >= 4 is 32.7 Å². The smallest absolute Gasteiger partial charge is 0.255 e. The molecule has 1 aromatic heterocycles. The molecule has 0 atom stereocenters. The van der Waals surface area contributed by atoms with Gasteiger partial charge in [-0.1, -0.05) is 12.1 Å². The molecule has 0 radical (unpaired) electrons. The highest BCUT2D eigenvalue weighted by Crippen LogP contribution is 2.22. The van der Waals surface area contributed by atoms with Crippen molar-refractivity contribution in [2.45, 2.75) is 0 Å². The number of nitrogens with zero attached hydrogens (tertiary/aromatic N) is 2. The molecule has 2 heterocycles. The van der Waals surface area contributed by atoms with E-state index in [0.717, 1.165) is 15.4 Å². The Labute approximate surface area is 119 Å². The molecule has 0 unspecified atom stereocenters. The van der Waals surface area contributed by atoms with E-state index in [1.54, 1.807) is 6.20 Å². The number of aromatic nitrogens is 1. The van der Waals surface area contributed by atoms with Crippen molar-refractivity contribution in [3.8, 4) is 0 Å². The summed E-state index contributed by atoms with van der Waals surface area (Å²) in [6.07, 6.45) is 1.64. The number of carbonyl (C=O) groups excluding carboxylic acids is 1. The molecule has 1 saturated heterocycles. The average molecular weight is 321 g/mol. The number of hydrogen-bond donors (Lipinski definition) is 0. The lowest BCUT2D eigenvalue weighted by atomic mass is 10.1. The van der Waals surface area contributed by atoms with Crippen LogP contribution in [0.4, 0.5) is 0 Å². The molecule has 0 aliphatic carbocycles. The monoisotopic (exact) mass is 320 g/mol. The topological polar surface area (TPSA) is 42.4 Å². The number of benzene rings is 1. The van der Waals surface area contributed by atoms with E-state index in [-0.39, 0.29) is 5.91 Å². The van der Waals surface area contributed by atoms with Crippen LogP contribution in [0.3, 0.4) is 0 Å². The Kier molecular flexibility index (Phi) is 3.48. The molecule has 0 spiro atoms. The zero-order valence-electron chi connectivity index (χ0n) is 10.3. The number of pyridine rings is 1. The van der Waals surface area contributed by atoms with Gasteiger partial charge >= 0.3 is 0 Å². The average Bonchev–Trinajstić information content (AvgIpc) is 2.47. The predicted molar refractivity (Wildman–Crippen MR) is 76.2 cm³/mol. The molecule has 1 aromatic carbocycles. The summed E-state index contributed by atoms with van der Waals surface area (Å²) < 4.78 is 6.20. The highest BCUT2D eigenvalue weighted by Gasteiger charge is 2.19. The number of morpholine rings is 1. The van der Waals surface area contributed by atoms with Gasteiger partial charge in [0, 0.05) is 29.1 Å². The van der Waals surface area contributed by atoms with Crippen LogP contribution >= 0.6 is 15.9 Å². The van der Waals surface area contributed by atoms with Crippen molar-refractivity contribution in [3.05, 3.63) is 40.5 Å². The van der Waals surface area contributed by atoms with Gasteiger partial charge in [0.15, 0.2) is 0 Å². The summed E-state index contributed by atoms with van der Waals surface area (Å²) in [6, 6.07) is 7.74. The number of amides is 1. The first-order chi connectivity index (χ1) is 9.25. The van der Waals surface area contributed by atoms with Gasteiger partial charge in [0.05, 0.1) is 24.3 Å². The van der Waals surface area contributed by atoms with Crippen LogP contribution in [0, 0.1) is 0 Å². The van der Waals surface area contributed by atoms with Crippen LogP contribution in [0.2, 0.25) is 0 Å². The Morgan fingerprint density at radius 2 is 2.11 bits per heavy atom. The lowest BCUT2D eigenvalue weighted by molar-refractivity contribution is 0.0303. The van der Waals surface area contributed by atoms with Crippen molar-refractivity contribution < 1.29 is 9.53 Å². The fourth-order valence-corrected chi connectivity index (χ4v) is 2.67. The Balaban J connectivity index is 1.94. The molecule has 1 amide bonds. The number of ether oxygens (including phenoxy) is 1. The van der Waals surface area contributed by atoms with Crippen LogP contribution in [0.5, 0.6) is 0 Å². The van der Waals surface area contributed by atoms with Crippen molar-refractivity contribution in [2.75, 3.05) is 26.3 Å². The van der Waals surface area contributed by atoms with Gasteiger partial charge < -0.3 is 9.64 Å². The standard InChI is InChI=1S/C14H13BrN2O2/c15-12-3-1-2-10-8-11(9-16-13(10)12)14(18)17-4-6-19-7-5-17/h1-3,8-9H,4-7H2. The maximum absolute atomic E-state index is 12.3. The largest absolute Gasteiger partial charge is 0.378 e. The summed E-state index contributed by atoms with van der Waals surface area (Å²) in [5, 5.41) is 0.966. The minimum absolute atomic E-state index is 0.0256. The second-order valence-corrected chi connectivity index (χ2v) is 5.29. The van der Waals surface area contributed by atoms with Gasteiger partial charge in [-0.05, 0) is 28.1 Å². The van der Waals surface area contributed by atoms with Crippen LogP contribution < -0.4 is 0 Å². The van der Waals surface area contributed by atoms with Gasteiger partial charge in [0.2, 0.25) is 0 Å². The number of rotatable bonds is 1. The van der Waals surface area contributed by atoms with E-state index in [0.29, 0.717) is 31.9 Å². The zero-order chi connectivity index (χ0) is 13.2. The molecule has 0 bridgehead atoms. The number of hydrogen-bond acceptors (Lipinski definition) is 3. The molecular formula is C14H13BrN2O2. The summed E-state index contributed by atoms with van der Waals surface area (Å²) in [5.74, 6) is 0.0256. The van der Waals surface area contributed by atoms with Gasteiger partial charge in [-0.3, -0.25) is 9.78 Å². The van der Waals surface area contributed by atoms with Gasteiger partial charge in [0.1, 0.15) is 0 Å². The quantitative estimate of drug-likeness (QED) is 0.810. The maximum atomic E-state index is 12.3. The van der Waals surface area contributed by atoms with E-state index in [4.69, 9.17) is 4.74 Å². The second kappa shape index (κ2) is 5.27. The Bertz CT molecular complexity index is 624. The normalized spacial score (nSPS) is 15.7. The lowest BCUT2D eigenvalue weighted by Crippen LogP contribution is -2.40. The van der Waals surface area contributed by atoms with E-state index in [2.05, 4.69) is 20.9 Å². The van der Waals surface area contributed by atoms with Crippen LogP contribution in [-0.2, 0) is 4.74 Å². The lowest BCUT2D eigenvalue weighted by Gasteiger charge is -2.26. The SMILES string of the molecule is O=C(c1cnc2c(Br)cccc2c1)N1CCOCC1. The summed E-state index contributed by atoms with van der Waals surface area (Å²) in [4.78, 5) is 18.5. The fraction of sp³-hybridized carbons (Fsp3) is 0.286. The predicted octanol–water partition coefficient (Wildman–Crippen LogP) is 2.47. The molecule has 19 heavy (non-hydrogen) atoms. The third-order valence-electron chi connectivity index (χ3n) is 3.21. The molecule has 2 aromatic rings. The Morgan fingerprint density at radius 3 is 2.89 bits per heavy atom. The Morgan fingerprint density at radius 1 is 1.32 bits per heavy atom. The van der Waals surface area contributed by atoms with E-state index >= 15 is 0 Å². The molecule has 5 heteroatoms. The molecule has 4 nitrogen and oxygen atoms in total. The molecule has 1 aliphatic heterocycles. The Hall–Kier alpha value is -1.46. The van der Waals surface area contributed by atoms with Crippen molar-refractivity contribution in [2.24, 2.45) is 0 Å². The van der Waals surface area contributed by atoms with Gasteiger partial charge in [-0.25, -0.2) is 0 Å². The third kappa shape index (κ3) is 2.48. The molecule has 0 saturated carbocycles. The first kappa shape index (κ1) is 12.6. The fourth-order valence-electron chi connectivity index (χ4n) is 2.19. The molecular weight excluding hydrogens is 308 g/mol. The third-order valence-corrected chi connectivity index (χ3v) is 3.85. The molecule has 1 fully saturated rings. The number of fused-ring (bicyclic) bond motifs is 1. The van der Waals surface area contributed by atoms with Crippen molar-refractivity contribution in [1.82, 2.24) is 9.88 Å². The van der Waals surface area contributed by atoms with E-state index in [1.165, 1.54) is 0 Å². The minimum atomic E-state index is 0.0256. The van der Waals surface area contributed by atoms with Crippen LogP contribution in [0.1, 0.15) is 10.4 Å². The van der Waals surface area contributed by atoms with Gasteiger partial charge in [-0.15, -0.1) is 0 Å². The summed E-state index contributed by atoms with van der Waals surface area (Å²) in [5.41, 5.74) is 1.51. The highest BCUT2D eigenvalue weighted by atomic mass is 79.9. The number of halogens is 1. The minimum Gasteiger partial charge on any atom is -0.378 e. The van der Waals surface area contributed by atoms with Gasteiger partial charge in [-0.2, -0.15) is 0 Å². The number of carbonyl (C=O) groups is 1. The van der Waals surface area contributed by atoms with E-state index in [1.807, 2.05) is 29.2 Å². The first-order valence-electron chi connectivity index (χ1n) is 6.17. The van der Waals surface area contributed by atoms with Crippen molar-refractivity contribution in [1.29, 1.82) is 0 Å².